The number of nitrogens with one attached hydrogen (secondary N) is 3. The molecule has 2 saturated heterocycles. The van der Waals surface area contributed by atoms with Crippen molar-refractivity contribution in [3.8, 4) is 11.8 Å². The van der Waals surface area contributed by atoms with Crippen LogP contribution in [0.4, 0.5) is 17.3 Å². The molecule has 3 aliphatic rings. The Morgan fingerprint density at radius 3 is 2.49 bits per heavy atom. The van der Waals surface area contributed by atoms with Crippen molar-refractivity contribution in [1.82, 2.24) is 34.7 Å². The van der Waals surface area contributed by atoms with Crippen molar-refractivity contribution in [3.05, 3.63) is 64.8 Å². The van der Waals surface area contributed by atoms with E-state index in [1.165, 1.54) is 0 Å². The minimum absolute atomic E-state index is 0.0532. The quantitative estimate of drug-likeness (QED) is 0.0881. The first-order valence-electron chi connectivity index (χ1n) is 21.3. The third-order valence-electron chi connectivity index (χ3n) is 11.5. The molecule has 0 saturated carbocycles. The summed E-state index contributed by atoms with van der Waals surface area (Å²) < 4.78 is 14.0. The van der Waals surface area contributed by atoms with Crippen LogP contribution in [0.2, 0.25) is 0 Å². The summed E-state index contributed by atoms with van der Waals surface area (Å²) in [7, 11) is 6.06. The Bertz CT molecular complexity index is 2280. The van der Waals surface area contributed by atoms with Gasteiger partial charge in [-0.05, 0) is 74.9 Å². The van der Waals surface area contributed by atoms with Crippen LogP contribution in [0.25, 0.3) is 5.65 Å². The van der Waals surface area contributed by atoms with E-state index in [9.17, 15) is 24.0 Å². The SMILES string of the molecule is CC(C)c1cnn2c(NCc3ccc(NC(=O)CCCCCCCOc4cccc5c4C(=O)N(C4CCC(=O)NC4=O)C5=O)cc3N(C)C)nc(OC3CCN(C)CC3)nc12. The van der Waals surface area contributed by atoms with Crippen molar-refractivity contribution in [2.75, 3.05) is 56.4 Å². The smallest absolute Gasteiger partial charge is 0.322 e. The molecule has 0 bridgehead atoms. The summed E-state index contributed by atoms with van der Waals surface area (Å²) in [5.74, 6) is -1.21. The lowest BCUT2D eigenvalue weighted by molar-refractivity contribution is -0.136. The van der Waals surface area contributed by atoms with Crippen LogP contribution in [0, 0.1) is 0 Å². The van der Waals surface area contributed by atoms with Crippen LogP contribution in [-0.2, 0) is 20.9 Å². The molecule has 2 aromatic carbocycles. The van der Waals surface area contributed by atoms with Crippen LogP contribution >= 0.6 is 0 Å². The molecule has 61 heavy (non-hydrogen) atoms. The van der Waals surface area contributed by atoms with E-state index < -0.39 is 29.7 Å². The van der Waals surface area contributed by atoms with E-state index >= 15 is 0 Å². The highest BCUT2D eigenvalue weighted by atomic mass is 16.5. The summed E-state index contributed by atoms with van der Waals surface area (Å²) in [6, 6.07) is 10.0. The lowest BCUT2D eigenvalue weighted by Gasteiger charge is -2.28. The monoisotopic (exact) mass is 836 g/mol. The molecule has 5 heterocycles. The Hall–Kier alpha value is -6.10. The summed E-state index contributed by atoms with van der Waals surface area (Å²) in [5.41, 5.74) is 4.76. The summed E-state index contributed by atoms with van der Waals surface area (Å²) in [5, 5.41) is 13.4. The van der Waals surface area contributed by atoms with Crippen molar-refractivity contribution >= 4 is 52.5 Å². The number of imide groups is 2. The summed E-state index contributed by atoms with van der Waals surface area (Å²) in [6.07, 6.45) is 8.36. The van der Waals surface area contributed by atoms with Gasteiger partial charge in [0.1, 0.15) is 17.9 Å². The molecule has 0 radical (unpaired) electrons. The van der Waals surface area contributed by atoms with Gasteiger partial charge in [0, 0.05) is 63.5 Å². The van der Waals surface area contributed by atoms with Crippen LogP contribution in [0.15, 0.2) is 42.6 Å². The molecule has 0 aliphatic carbocycles. The van der Waals surface area contributed by atoms with Crippen LogP contribution in [0.5, 0.6) is 11.8 Å². The van der Waals surface area contributed by atoms with E-state index in [1.807, 2.05) is 43.4 Å². The van der Waals surface area contributed by atoms with Crippen molar-refractivity contribution in [2.24, 2.45) is 0 Å². The fourth-order valence-electron chi connectivity index (χ4n) is 8.01. The third-order valence-corrected chi connectivity index (χ3v) is 11.5. The average Bonchev–Trinajstić information content (AvgIpc) is 3.77. The van der Waals surface area contributed by atoms with Crippen molar-refractivity contribution in [2.45, 2.75) is 103 Å². The highest BCUT2D eigenvalue weighted by Crippen LogP contribution is 2.34. The molecule has 3 N–H and O–H groups in total. The number of ether oxygens (including phenoxy) is 2. The molecule has 1 unspecified atom stereocenters. The molecule has 5 amide bonds. The fraction of sp³-hybridized carbons (Fsp3) is 0.500. The molecule has 2 aromatic heterocycles. The maximum Gasteiger partial charge on any atom is 0.322 e. The highest BCUT2D eigenvalue weighted by molar-refractivity contribution is 6.24. The number of rotatable bonds is 18. The zero-order valence-electron chi connectivity index (χ0n) is 35.7. The second-order valence-electron chi connectivity index (χ2n) is 16.6. The number of carbonyl (C=O) groups is 5. The Balaban J connectivity index is 0.862. The van der Waals surface area contributed by atoms with E-state index in [4.69, 9.17) is 19.4 Å². The van der Waals surface area contributed by atoms with Gasteiger partial charge in [0.15, 0.2) is 5.65 Å². The van der Waals surface area contributed by atoms with Crippen molar-refractivity contribution < 1.29 is 33.4 Å². The van der Waals surface area contributed by atoms with E-state index in [0.717, 1.165) is 85.4 Å². The minimum atomic E-state index is -1.03. The molecule has 4 aromatic rings. The summed E-state index contributed by atoms with van der Waals surface area (Å²) in [4.78, 5) is 78.1. The van der Waals surface area contributed by atoms with E-state index in [-0.39, 0.29) is 41.9 Å². The minimum Gasteiger partial charge on any atom is -0.493 e. The number of benzene rings is 2. The molecular weight excluding hydrogens is 781 g/mol. The molecule has 7 rings (SSSR count). The Kier molecular flexibility index (Phi) is 13.5. The molecule has 324 valence electrons. The number of hydrogen-bond donors (Lipinski definition) is 3. The van der Waals surface area contributed by atoms with Gasteiger partial charge in [-0.3, -0.25) is 34.2 Å². The number of aromatic nitrogens is 4. The largest absolute Gasteiger partial charge is 0.493 e. The van der Waals surface area contributed by atoms with Crippen molar-refractivity contribution in [3.63, 3.8) is 0 Å². The first-order valence-corrected chi connectivity index (χ1v) is 21.3. The summed E-state index contributed by atoms with van der Waals surface area (Å²) >= 11 is 0. The lowest BCUT2D eigenvalue weighted by Crippen LogP contribution is -2.54. The number of anilines is 3. The third kappa shape index (κ3) is 9.93. The number of fused-ring (bicyclic) bond motifs is 2. The van der Waals surface area contributed by atoms with Crippen LogP contribution in [-0.4, -0.2) is 112 Å². The lowest BCUT2D eigenvalue weighted by atomic mass is 10.0. The molecular formula is C44H56N10O7. The number of carbonyl (C=O) groups excluding carboxylic acids is 5. The Labute approximate surface area is 355 Å². The van der Waals surface area contributed by atoms with Crippen LogP contribution < -0.4 is 30.3 Å². The number of likely N-dealkylation sites (tertiary alicyclic amines) is 1. The maximum absolute atomic E-state index is 13.3. The van der Waals surface area contributed by atoms with Gasteiger partial charge in [0.05, 0.1) is 23.9 Å². The molecule has 3 aliphatic heterocycles. The van der Waals surface area contributed by atoms with Crippen LogP contribution in [0.3, 0.4) is 0 Å². The van der Waals surface area contributed by atoms with Gasteiger partial charge < -0.3 is 29.9 Å². The van der Waals surface area contributed by atoms with Gasteiger partial charge in [0.25, 0.3) is 11.8 Å². The van der Waals surface area contributed by atoms with Gasteiger partial charge in [0.2, 0.25) is 23.7 Å². The molecule has 17 nitrogen and oxygen atoms in total. The fourth-order valence-corrected chi connectivity index (χ4v) is 8.01. The van der Waals surface area contributed by atoms with Gasteiger partial charge >= 0.3 is 6.01 Å². The predicted octanol–water partition coefficient (Wildman–Crippen LogP) is 5.16. The number of nitrogens with zero attached hydrogens (tertiary/aromatic N) is 7. The number of piperidine rings is 2. The van der Waals surface area contributed by atoms with Gasteiger partial charge in [-0.15, -0.1) is 0 Å². The summed E-state index contributed by atoms with van der Waals surface area (Å²) in [6.45, 7) is 6.97. The normalized spacial score (nSPS) is 17.2. The average molecular weight is 837 g/mol. The topological polar surface area (TPSA) is 193 Å². The van der Waals surface area contributed by atoms with E-state index in [2.05, 4.69) is 46.8 Å². The highest BCUT2D eigenvalue weighted by Gasteiger charge is 2.46. The number of hydrogen-bond acceptors (Lipinski definition) is 13. The Morgan fingerprint density at radius 2 is 1.74 bits per heavy atom. The first kappa shape index (κ1) is 43.0. The molecule has 2 fully saturated rings. The van der Waals surface area contributed by atoms with Gasteiger partial charge in [-0.25, -0.2) is 0 Å². The zero-order chi connectivity index (χ0) is 43.2. The van der Waals surface area contributed by atoms with Crippen LogP contribution in [0.1, 0.15) is 116 Å². The van der Waals surface area contributed by atoms with Gasteiger partial charge in [-0.2, -0.15) is 19.6 Å². The molecule has 0 spiro atoms. The standard InChI is InChI=1S/C44H56N10O7/c1-27(2)32-26-46-54-39(32)49-44(61-30-19-21-52(5)22-20-30)50-43(54)45-25-28-15-16-29(24-34(28)51(3)4)47-36(55)14-9-7-6-8-10-23-60-35-13-11-12-31-38(35)42(59)53(41(31)58)33-17-18-37(56)48-40(33)57/h11-13,15-16,24,26-27,30,33H,6-10,14,17-23,25H2,1-5H3,(H,47,55)(H,45,49,50)(H,48,56,57). The molecule has 1 atom stereocenters. The van der Waals surface area contributed by atoms with Crippen molar-refractivity contribution in [1.29, 1.82) is 0 Å². The van der Waals surface area contributed by atoms with Gasteiger partial charge in [-0.1, -0.05) is 45.2 Å². The zero-order valence-corrected chi connectivity index (χ0v) is 35.7. The Morgan fingerprint density at radius 1 is 0.967 bits per heavy atom. The van der Waals surface area contributed by atoms with E-state index in [1.54, 1.807) is 22.7 Å². The van der Waals surface area contributed by atoms with E-state index in [0.29, 0.717) is 43.0 Å². The number of unbranched alkanes of at least 4 members (excludes halogenated alkanes) is 4. The molecule has 17 heteroatoms. The second-order valence-corrected chi connectivity index (χ2v) is 16.6. The second kappa shape index (κ2) is 19.1. The number of amides is 5. The first-order chi connectivity index (χ1) is 29.4. The predicted molar refractivity (Wildman–Crippen MR) is 229 cm³/mol. The maximum atomic E-state index is 13.3.